The number of esters is 2. The van der Waals surface area contributed by atoms with Crippen molar-refractivity contribution in [1.29, 1.82) is 0 Å². The number of hydrogen-bond donors (Lipinski definition) is 3. The number of ether oxygens (including phenoxy) is 6. The van der Waals surface area contributed by atoms with Crippen molar-refractivity contribution in [3.8, 4) is 0 Å². The van der Waals surface area contributed by atoms with Gasteiger partial charge in [-0.15, -0.1) is 0 Å². The van der Waals surface area contributed by atoms with Gasteiger partial charge in [0.15, 0.2) is 46.6 Å². The first kappa shape index (κ1) is 81.7. The average Bonchev–Trinajstić information content (AvgIpc) is 0.981. The minimum Gasteiger partial charge on any atom is -0.459 e. The second-order valence-electron chi connectivity index (χ2n) is 33.3. The molecular weight excluding hydrogens is 1180 g/mol. The molecule has 3 N–H and O–H groups in total. The van der Waals surface area contributed by atoms with E-state index in [-0.39, 0.29) is 71.1 Å². The number of cyclic esters (lactones) is 2. The Hall–Kier alpha value is -2.50. The SMILES string of the molecule is CC[C@H]1OC(=O)[C@H](C)C(=O)[C@H](C)[C@@H](O[C@@H]2O[C@H](C)C[C@H](C)[C@H]2C)C(C)(C)C[C@@H](C)C(=O)/C(C)=C/[C@@]1(O)CO[Si](C)(C)C(C)(C)C.CC[C@H]1OC(=O)[C@H](C)[C@@H](O)[C@H](C)[C@@H](O[C@@H]2O[C@H](C)C[C@H](C)[C@H]2C)C(C)(C)C[C@@H](C)C(=O)/C(C)=C/[C@@]1(O)CO[Si](C)(C)C(C)(C)C. The molecule has 0 aromatic heterocycles. The molecule has 0 saturated carbocycles. The van der Waals surface area contributed by atoms with Crippen molar-refractivity contribution >= 4 is 45.9 Å². The van der Waals surface area contributed by atoms with E-state index >= 15 is 0 Å². The lowest BCUT2D eigenvalue weighted by molar-refractivity contribution is -0.273. The summed E-state index contributed by atoms with van der Waals surface area (Å²) in [4.78, 5) is 69.1. The minimum absolute atomic E-state index is 0.0152. The Labute approximate surface area is 547 Å². The summed E-state index contributed by atoms with van der Waals surface area (Å²) in [5, 5.41) is 35.8. The molecule has 0 unspecified atom stereocenters. The van der Waals surface area contributed by atoms with Crippen LogP contribution in [-0.2, 0) is 61.2 Å². The van der Waals surface area contributed by atoms with Crippen molar-refractivity contribution < 1.29 is 76.6 Å². The zero-order valence-corrected chi connectivity index (χ0v) is 63.9. The molecule has 0 aromatic carbocycles. The Balaban J connectivity index is 0.000000470. The molecule has 0 radical (unpaired) electrons. The van der Waals surface area contributed by atoms with Crippen molar-refractivity contribution in [2.45, 2.75) is 321 Å². The van der Waals surface area contributed by atoms with Gasteiger partial charge in [0.1, 0.15) is 29.3 Å². The second-order valence-corrected chi connectivity index (χ2v) is 42.9. The van der Waals surface area contributed by atoms with Gasteiger partial charge in [-0.2, -0.15) is 0 Å². The van der Waals surface area contributed by atoms with Gasteiger partial charge in [0, 0.05) is 35.5 Å². The first-order valence-electron chi connectivity index (χ1n) is 34.2. The Bertz CT molecular complexity index is 2470. The molecule has 21 atom stereocenters. The highest BCUT2D eigenvalue weighted by molar-refractivity contribution is 6.74. The quantitative estimate of drug-likeness (QED) is 0.0939. The molecule has 4 heterocycles. The monoisotopic (exact) mass is 1310 g/mol. The van der Waals surface area contributed by atoms with Gasteiger partial charge in [0.25, 0.3) is 0 Å². The van der Waals surface area contributed by atoms with Crippen LogP contribution >= 0.6 is 0 Å². The fraction of sp³-hybridized carbons (Fsp3) is 0.875. The molecule has 16 nitrogen and oxygen atoms in total. The van der Waals surface area contributed by atoms with E-state index in [2.05, 4.69) is 109 Å². The smallest absolute Gasteiger partial charge is 0.316 e. The maximum absolute atomic E-state index is 14.0. The van der Waals surface area contributed by atoms with Gasteiger partial charge in [-0.25, -0.2) is 0 Å². The Kier molecular flexibility index (Phi) is 28.7. The van der Waals surface area contributed by atoms with Crippen LogP contribution in [0.4, 0.5) is 0 Å². The predicted molar refractivity (Wildman–Crippen MR) is 361 cm³/mol. The van der Waals surface area contributed by atoms with Gasteiger partial charge in [-0.1, -0.05) is 138 Å². The number of carbonyl (C=O) groups excluding carboxylic acids is 5. The van der Waals surface area contributed by atoms with Crippen LogP contribution in [0.5, 0.6) is 0 Å². The summed E-state index contributed by atoms with van der Waals surface area (Å²) in [6.07, 6.45) is 1.20. The summed E-state index contributed by atoms with van der Waals surface area (Å²) in [6, 6.07) is 0. The fourth-order valence-corrected chi connectivity index (χ4v) is 15.6. The lowest BCUT2D eigenvalue weighted by Gasteiger charge is -2.46. The van der Waals surface area contributed by atoms with Crippen molar-refractivity contribution in [1.82, 2.24) is 0 Å². The van der Waals surface area contributed by atoms with Gasteiger partial charge in [0.2, 0.25) is 0 Å². The molecule has 0 spiro atoms. The maximum Gasteiger partial charge on any atom is 0.316 e. The van der Waals surface area contributed by atoms with E-state index in [0.29, 0.717) is 42.2 Å². The molecule has 2 fully saturated rings. The molecule has 0 aliphatic carbocycles. The fourth-order valence-electron chi connectivity index (χ4n) is 13.6. The Morgan fingerprint density at radius 2 is 0.889 bits per heavy atom. The van der Waals surface area contributed by atoms with E-state index in [9.17, 15) is 39.3 Å². The topological polar surface area (TPSA) is 220 Å². The van der Waals surface area contributed by atoms with E-state index in [1.54, 1.807) is 41.5 Å². The van der Waals surface area contributed by atoms with Gasteiger partial charge >= 0.3 is 11.9 Å². The van der Waals surface area contributed by atoms with Crippen LogP contribution in [0, 0.1) is 70.0 Å². The number of allylic oxidation sites excluding steroid dienone is 2. The standard InChI is InChI=1S/C36H66O8Si.C36H64O8Si/c2*1-16-28-36(40,20-41-45(14,15)34(9,10)11)19-23(4)29(37)22(3)18-35(12,13)31(26(7)30(38)27(8)32(39)43-28)44-33-25(6)21(2)17-24(5)42-33/h19,21-22,24-28,30-31,33,38,40H,16-18,20H2,1-15H3;19,21-22,24-28,31,33,40H,16-18,20H2,1-15H3/b2*23-19+/t21-,22+,24+,25+,26-,27+,28+,30-,31+,33-,36+;21-,22+,24+,25+,26-,27+,28+,31+,33-,36+/m00/s1. The van der Waals surface area contributed by atoms with Crippen molar-refractivity contribution in [2.75, 3.05) is 13.2 Å². The van der Waals surface area contributed by atoms with Crippen LogP contribution in [0.25, 0.3) is 0 Å². The lowest BCUT2D eigenvalue weighted by Crippen LogP contribution is -2.53. The minimum atomic E-state index is -2.32. The number of rotatable bonds is 12. The molecule has 4 rings (SSSR count). The summed E-state index contributed by atoms with van der Waals surface area (Å²) in [5.41, 5.74) is -3.93. The zero-order chi connectivity index (χ0) is 69.7. The second kappa shape index (κ2) is 31.6. The molecule has 522 valence electrons. The number of aliphatic hydroxyl groups is 3. The first-order valence-corrected chi connectivity index (χ1v) is 40.0. The third-order valence-corrected chi connectivity index (χ3v) is 31.0. The third-order valence-electron chi connectivity index (χ3n) is 22.1. The molecule has 18 heteroatoms. The molecule has 90 heavy (non-hydrogen) atoms. The summed E-state index contributed by atoms with van der Waals surface area (Å²) in [5.74, 6) is -4.83. The van der Waals surface area contributed by atoms with Crippen LogP contribution in [-0.4, -0.2) is 141 Å². The molecule has 0 bridgehead atoms. The summed E-state index contributed by atoms with van der Waals surface area (Å²) >= 11 is 0. The van der Waals surface area contributed by atoms with Crippen LogP contribution in [0.1, 0.15) is 219 Å². The van der Waals surface area contributed by atoms with Crippen LogP contribution in [0.15, 0.2) is 23.3 Å². The largest absolute Gasteiger partial charge is 0.459 e. The van der Waals surface area contributed by atoms with E-state index in [1.807, 2.05) is 55.4 Å². The third kappa shape index (κ3) is 20.3. The van der Waals surface area contributed by atoms with Gasteiger partial charge in [0.05, 0.1) is 49.7 Å². The Morgan fingerprint density at radius 1 is 0.544 bits per heavy atom. The molecule has 4 aliphatic rings. The highest BCUT2D eigenvalue weighted by Crippen LogP contribution is 2.46. The molecule has 2 saturated heterocycles. The number of Topliss-reactive ketones (excluding diaryl/α,β-unsaturated/α-hetero) is 3. The lowest BCUT2D eigenvalue weighted by atomic mass is 9.70. The Morgan fingerprint density at radius 3 is 1.24 bits per heavy atom. The number of hydrogen-bond acceptors (Lipinski definition) is 16. The van der Waals surface area contributed by atoms with E-state index in [0.717, 1.165) is 12.8 Å². The van der Waals surface area contributed by atoms with Gasteiger partial charge in [-0.3, -0.25) is 24.0 Å². The summed E-state index contributed by atoms with van der Waals surface area (Å²) in [6.45, 7) is 59.3. The summed E-state index contributed by atoms with van der Waals surface area (Å²) in [7, 11) is -4.62. The van der Waals surface area contributed by atoms with E-state index in [4.69, 9.17) is 37.3 Å². The average molecular weight is 1310 g/mol. The first-order chi connectivity index (χ1) is 40.8. The number of aliphatic hydroxyl groups excluding tert-OH is 1. The number of ketones is 3. The van der Waals surface area contributed by atoms with E-state index < -0.39 is 129 Å². The zero-order valence-electron chi connectivity index (χ0n) is 61.9. The van der Waals surface area contributed by atoms with Gasteiger partial charge < -0.3 is 52.6 Å². The highest BCUT2D eigenvalue weighted by Gasteiger charge is 2.51. The normalized spacial score (nSPS) is 39.9. The van der Waals surface area contributed by atoms with Crippen LogP contribution in [0.2, 0.25) is 36.3 Å². The molecular formula is C72H130O16Si2. The van der Waals surface area contributed by atoms with Crippen molar-refractivity contribution in [3.63, 3.8) is 0 Å². The molecule has 0 amide bonds. The van der Waals surface area contributed by atoms with Crippen molar-refractivity contribution in [3.05, 3.63) is 23.3 Å². The van der Waals surface area contributed by atoms with Gasteiger partial charge in [-0.05, 0) is 162 Å². The summed E-state index contributed by atoms with van der Waals surface area (Å²) < 4.78 is 50.9. The maximum atomic E-state index is 14.0. The van der Waals surface area contributed by atoms with E-state index in [1.165, 1.54) is 12.2 Å². The molecule has 4 aliphatic heterocycles. The predicted octanol–water partition coefficient (Wildman–Crippen LogP) is 14.3. The molecule has 0 aromatic rings. The van der Waals surface area contributed by atoms with Crippen LogP contribution < -0.4 is 0 Å². The van der Waals surface area contributed by atoms with Crippen molar-refractivity contribution in [2.24, 2.45) is 70.0 Å². The number of carbonyl (C=O) groups is 5. The highest BCUT2D eigenvalue weighted by atomic mass is 28.4. The van der Waals surface area contributed by atoms with Crippen LogP contribution in [0.3, 0.4) is 0 Å².